The minimum atomic E-state index is -0.565. The van der Waals surface area contributed by atoms with Gasteiger partial charge in [0.25, 0.3) is 5.91 Å². The van der Waals surface area contributed by atoms with Gasteiger partial charge in [-0.25, -0.2) is 0 Å². The number of hydrogen-bond donors (Lipinski definition) is 2. The number of amides is 1. The summed E-state index contributed by atoms with van der Waals surface area (Å²) in [5.41, 5.74) is 0. The van der Waals surface area contributed by atoms with Gasteiger partial charge in [0.15, 0.2) is 6.10 Å². The summed E-state index contributed by atoms with van der Waals surface area (Å²) in [5.74, 6) is 0.713. The van der Waals surface area contributed by atoms with E-state index in [4.69, 9.17) is 21.4 Å². The Balaban J connectivity index is 2.62. The molecule has 2 unspecified atom stereocenters. The summed E-state index contributed by atoms with van der Waals surface area (Å²) < 4.78 is 5.76. The summed E-state index contributed by atoms with van der Waals surface area (Å²) in [5, 5.41) is 12.3. The zero-order valence-electron chi connectivity index (χ0n) is 12.8. The number of nitrogens with one attached hydrogen (secondary N) is 1. The Labute approximate surface area is 131 Å². The number of benzene rings is 1. The molecule has 1 amide bonds. The summed E-state index contributed by atoms with van der Waals surface area (Å²) >= 11 is 5.92. The second-order valence-electron chi connectivity index (χ2n) is 5.60. The molecule has 0 aliphatic rings. The molecule has 0 aliphatic carbocycles. The Morgan fingerprint density at radius 3 is 2.67 bits per heavy atom. The molecule has 1 aromatic rings. The lowest BCUT2D eigenvalue weighted by atomic mass is 10.1. The van der Waals surface area contributed by atoms with Crippen LogP contribution >= 0.6 is 11.6 Å². The average molecular weight is 314 g/mol. The fraction of sp³-hybridized carbons (Fsp3) is 0.562. The Morgan fingerprint density at radius 1 is 1.38 bits per heavy atom. The molecule has 1 aromatic carbocycles. The van der Waals surface area contributed by atoms with Gasteiger partial charge in [-0.3, -0.25) is 4.79 Å². The van der Waals surface area contributed by atoms with E-state index >= 15 is 0 Å². The molecule has 5 heteroatoms. The molecule has 0 saturated carbocycles. The van der Waals surface area contributed by atoms with Crippen molar-refractivity contribution in [2.24, 2.45) is 11.8 Å². The number of carbonyl (C=O) groups is 1. The summed E-state index contributed by atoms with van der Waals surface area (Å²) in [6, 6.07) is 7.02. The van der Waals surface area contributed by atoms with E-state index in [2.05, 4.69) is 5.32 Å². The third-order valence-electron chi connectivity index (χ3n) is 3.17. The van der Waals surface area contributed by atoms with Gasteiger partial charge in [-0.2, -0.15) is 0 Å². The van der Waals surface area contributed by atoms with Gasteiger partial charge in [-0.1, -0.05) is 38.4 Å². The molecule has 21 heavy (non-hydrogen) atoms. The monoisotopic (exact) mass is 313 g/mol. The summed E-state index contributed by atoms with van der Waals surface area (Å²) in [4.78, 5) is 12.3. The highest BCUT2D eigenvalue weighted by Crippen LogP contribution is 2.20. The zero-order valence-corrected chi connectivity index (χ0v) is 13.6. The van der Waals surface area contributed by atoms with Crippen LogP contribution in [0, 0.1) is 11.8 Å². The molecule has 0 aromatic heterocycles. The lowest BCUT2D eigenvalue weighted by Crippen LogP contribution is -2.43. The van der Waals surface area contributed by atoms with E-state index in [-0.39, 0.29) is 24.3 Å². The van der Waals surface area contributed by atoms with Crippen molar-refractivity contribution < 1.29 is 14.6 Å². The van der Waals surface area contributed by atoms with E-state index in [1.165, 1.54) is 0 Å². The molecule has 2 atom stereocenters. The molecule has 0 radical (unpaired) electrons. The molecule has 0 fully saturated rings. The van der Waals surface area contributed by atoms with Crippen LogP contribution in [-0.2, 0) is 4.79 Å². The van der Waals surface area contributed by atoms with Crippen molar-refractivity contribution >= 4 is 17.5 Å². The first-order chi connectivity index (χ1) is 9.93. The zero-order chi connectivity index (χ0) is 15.8. The van der Waals surface area contributed by atoms with E-state index in [0.29, 0.717) is 23.7 Å². The van der Waals surface area contributed by atoms with Crippen molar-refractivity contribution in [3.8, 4) is 5.75 Å². The fourth-order valence-corrected chi connectivity index (χ4v) is 2.06. The number of aliphatic hydroxyl groups is 1. The van der Waals surface area contributed by atoms with Crippen LogP contribution in [-0.4, -0.2) is 30.3 Å². The maximum atomic E-state index is 12.3. The number of hydrogen-bond acceptors (Lipinski definition) is 3. The van der Waals surface area contributed by atoms with Gasteiger partial charge in [0.1, 0.15) is 5.75 Å². The topological polar surface area (TPSA) is 58.6 Å². The van der Waals surface area contributed by atoms with E-state index in [9.17, 15) is 4.79 Å². The predicted molar refractivity (Wildman–Crippen MR) is 84.6 cm³/mol. The first-order valence-electron chi connectivity index (χ1n) is 7.24. The van der Waals surface area contributed by atoms with Crippen molar-refractivity contribution in [3.05, 3.63) is 29.3 Å². The van der Waals surface area contributed by atoms with Crippen LogP contribution < -0.4 is 10.1 Å². The lowest BCUT2D eigenvalue weighted by molar-refractivity contribution is -0.130. The molecule has 0 saturated heterocycles. The van der Waals surface area contributed by atoms with Gasteiger partial charge in [-0.15, -0.1) is 0 Å². The third-order valence-corrected chi connectivity index (χ3v) is 3.40. The molecule has 0 aliphatic heterocycles. The highest BCUT2D eigenvalue weighted by molar-refractivity contribution is 6.30. The van der Waals surface area contributed by atoms with Gasteiger partial charge in [-0.05, 0) is 36.5 Å². The smallest absolute Gasteiger partial charge is 0.261 e. The van der Waals surface area contributed by atoms with E-state index in [0.717, 1.165) is 0 Å². The van der Waals surface area contributed by atoms with Crippen LogP contribution in [0.5, 0.6) is 5.75 Å². The largest absolute Gasteiger partial charge is 0.480 e. The minimum absolute atomic E-state index is 0.0390. The minimum Gasteiger partial charge on any atom is -0.480 e. The number of aliphatic hydroxyl groups excluding tert-OH is 1. The van der Waals surface area contributed by atoms with Crippen molar-refractivity contribution in [2.45, 2.75) is 33.3 Å². The number of rotatable bonds is 8. The first-order valence-corrected chi connectivity index (χ1v) is 7.62. The molecule has 0 heterocycles. The summed E-state index contributed by atoms with van der Waals surface area (Å²) in [6.45, 7) is 6.52. The van der Waals surface area contributed by atoms with Crippen LogP contribution in [0.3, 0.4) is 0 Å². The van der Waals surface area contributed by atoms with Crippen LogP contribution in [0.2, 0.25) is 5.02 Å². The lowest BCUT2D eigenvalue weighted by Gasteiger charge is -2.23. The Hall–Kier alpha value is -1.26. The highest BCUT2D eigenvalue weighted by Gasteiger charge is 2.24. The van der Waals surface area contributed by atoms with Crippen molar-refractivity contribution in [1.82, 2.24) is 5.32 Å². The van der Waals surface area contributed by atoms with Crippen LogP contribution in [0.15, 0.2) is 24.3 Å². The van der Waals surface area contributed by atoms with Gasteiger partial charge < -0.3 is 15.2 Å². The van der Waals surface area contributed by atoms with E-state index in [1.807, 2.05) is 20.8 Å². The summed E-state index contributed by atoms with van der Waals surface area (Å²) in [6.07, 6.45) is 0.103. The first kappa shape index (κ1) is 17.8. The third kappa shape index (κ3) is 6.36. The molecule has 0 spiro atoms. The maximum absolute atomic E-state index is 12.3. The average Bonchev–Trinajstić information content (AvgIpc) is 2.42. The molecular formula is C16H24ClNO3. The molecule has 118 valence electrons. The second-order valence-corrected chi connectivity index (χ2v) is 6.04. The van der Waals surface area contributed by atoms with E-state index in [1.54, 1.807) is 24.3 Å². The summed E-state index contributed by atoms with van der Waals surface area (Å²) in [7, 11) is 0. The number of carbonyl (C=O) groups excluding carboxylic acids is 1. The Kier molecular flexibility index (Phi) is 7.54. The number of halogens is 1. The predicted octanol–water partition coefficient (Wildman–Crippen LogP) is 2.88. The normalized spacial score (nSPS) is 13.8. The van der Waals surface area contributed by atoms with Crippen molar-refractivity contribution in [3.63, 3.8) is 0 Å². The molecule has 4 nitrogen and oxygen atoms in total. The number of ether oxygens (including phenoxy) is 1. The molecular weight excluding hydrogens is 290 g/mol. The molecule has 1 rings (SSSR count). The van der Waals surface area contributed by atoms with E-state index < -0.39 is 6.10 Å². The van der Waals surface area contributed by atoms with Crippen LogP contribution in [0.1, 0.15) is 27.2 Å². The van der Waals surface area contributed by atoms with Crippen molar-refractivity contribution in [1.29, 1.82) is 0 Å². The quantitative estimate of drug-likeness (QED) is 0.776. The van der Waals surface area contributed by atoms with Crippen LogP contribution in [0.25, 0.3) is 0 Å². The molecule has 2 N–H and O–H groups in total. The van der Waals surface area contributed by atoms with Gasteiger partial charge in [0, 0.05) is 18.2 Å². The standard InChI is InChI=1S/C16H24ClNO3/c1-11(2)15(16(20)18-10-12(3)7-8-19)21-14-6-4-5-13(17)9-14/h4-6,9,11-12,15,19H,7-8,10H2,1-3H3,(H,18,20). The van der Waals surface area contributed by atoms with Crippen molar-refractivity contribution in [2.75, 3.05) is 13.2 Å². The molecule has 0 bridgehead atoms. The fourth-order valence-electron chi connectivity index (χ4n) is 1.88. The highest BCUT2D eigenvalue weighted by atomic mass is 35.5. The van der Waals surface area contributed by atoms with Gasteiger partial charge in [0.2, 0.25) is 0 Å². The second kappa shape index (κ2) is 8.90. The SMILES string of the molecule is CC(CCO)CNC(=O)C(Oc1cccc(Cl)c1)C(C)C. The Morgan fingerprint density at radius 2 is 2.10 bits per heavy atom. The Bertz CT molecular complexity index is 451. The van der Waals surface area contributed by atoms with Gasteiger partial charge >= 0.3 is 0 Å². The van der Waals surface area contributed by atoms with Gasteiger partial charge in [0.05, 0.1) is 0 Å². The maximum Gasteiger partial charge on any atom is 0.261 e. The van der Waals surface area contributed by atoms with Crippen LogP contribution in [0.4, 0.5) is 0 Å².